The van der Waals surface area contributed by atoms with E-state index in [1.165, 1.54) is 41.2 Å². The average molecular weight is 289 g/mol. The maximum Gasteiger partial charge on any atom is 0.0302 e. The first-order chi connectivity index (χ1) is 8.16. The van der Waals surface area contributed by atoms with Gasteiger partial charge in [0, 0.05) is 15.8 Å². The van der Waals surface area contributed by atoms with E-state index < -0.39 is 0 Å². The van der Waals surface area contributed by atoms with Gasteiger partial charge >= 0.3 is 0 Å². The molecule has 1 aromatic heterocycles. The van der Waals surface area contributed by atoms with Gasteiger partial charge in [0.15, 0.2) is 0 Å². The average Bonchev–Trinajstić information content (AvgIpc) is 2.67. The summed E-state index contributed by atoms with van der Waals surface area (Å²) in [6.45, 7) is 10.3. The largest absolute Gasteiger partial charge is 0.317 e. The zero-order valence-electron chi connectivity index (χ0n) is 11.6. The molecule has 1 aliphatic heterocycles. The summed E-state index contributed by atoms with van der Waals surface area (Å²) < 4.78 is 0. The van der Waals surface area contributed by atoms with Gasteiger partial charge in [-0.3, -0.25) is 0 Å². The van der Waals surface area contributed by atoms with Crippen LogP contribution in [-0.4, -0.2) is 19.6 Å². The van der Waals surface area contributed by atoms with Crippen molar-refractivity contribution in [3.8, 4) is 0 Å². The predicted octanol–water partition coefficient (Wildman–Crippen LogP) is 3.44. The van der Waals surface area contributed by atoms with E-state index in [0.29, 0.717) is 6.04 Å². The second-order valence-corrected chi connectivity index (χ2v) is 6.65. The molecule has 0 aromatic carbocycles. The molecule has 104 valence electrons. The number of hydrogen-bond acceptors (Lipinski definition) is 3. The van der Waals surface area contributed by atoms with Crippen LogP contribution in [0.5, 0.6) is 0 Å². The third-order valence-electron chi connectivity index (χ3n) is 3.72. The highest BCUT2D eigenvalue weighted by Crippen LogP contribution is 2.26. The lowest BCUT2D eigenvalue weighted by Crippen LogP contribution is -2.34. The molecular weight excluding hydrogens is 264 g/mol. The van der Waals surface area contributed by atoms with Crippen LogP contribution in [0.25, 0.3) is 0 Å². The van der Waals surface area contributed by atoms with E-state index in [0.717, 1.165) is 12.5 Å². The maximum absolute atomic E-state index is 3.70. The molecule has 2 N–H and O–H groups in total. The van der Waals surface area contributed by atoms with Gasteiger partial charge < -0.3 is 10.6 Å². The Hall–Kier alpha value is -0.0900. The molecule has 1 aliphatic rings. The highest BCUT2D eigenvalue weighted by molar-refractivity contribution is 7.12. The first kappa shape index (κ1) is 16.0. The van der Waals surface area contributed by atoms with Gasteiger partial charge in [0.1, 0.15) is 0 Å². The quantitative estimate of drug-likeness (QED) is 0.887. The molecule has 4 heteroatoms. The summed E-state index contributed by atoms with van der Waals surface area (Å²) in [6.07, 6.45) is 2.64. The van der Waals surface area contributed by atoms with E-state index in [1.807, 2.05) is 11.3 Å². The summed E-state index contributed by atoms with van der Waals surface area (Å²) in [5.41, 5.74) is 1.49. The Bertz CT molecular complexity index is 359. The van der Waals surface area contributed by atoms with Gasteiger partial charge in [0.2, 0.25) is 0 Å². The minimum absolute atomic E-state index is 0. The normalized spacial score (nSPS) is 18.4. The topological polar surface area (TPSA) is 24.1 Å². The fourth-order valence-corrected chi connectivity index (χ4v) is 3.64. The van der Waals surface area contributed by atoms with Crippen molar-refractivity contribution in [1.29, 1.82) is 0 Å². The van der Waals surface area contributed by atoms with Crippen molar-refractivity contribution in [3.05, 3.63) is 21.4 Å². The highest BCUT2D eigenvalue weighted by Gasteiger charge is 2.15. The van der Waals surface area contributed by atoms with Crippen molar-refractivity contribution in [3.63, 3.8) is 0 Å². The monoisotopic (exact) mass is 288 g/mol. The Morgan fingerprint density at radius 1 is 1.39 bits per heavy atom. The smallest absolute Gasteiger partial charge is 0.0302 e. The maximum atomic E-state index is 3.70. The molecule has 1 fully saturated rings. The van der Waals surface area contributed by atoms with Gasteiger partial charge in [0.05, 0.1) is 0 Å². The molecule has 0 aliphatic carbocycles. The number of halogens is 1. The van der Waals surface area contributed by atoms with Crippen LogP contribution in [0.2, 0.25) is 0 Å². The number of hydrogen-bond donors (Lipinski definition) is 2. The third-order valence-corrected chi connectivity index (χ3v) is 4.70. The van der Waals surface area contributed by atoms with Gasteiger partial charge in [-0.05, 0) is 70.8 Å². The summed E-state index contributed by atoms with van der Waals surface area (Å²) in [7, 11) is 0. The Labute approximate surface area is 121 Å². The standard InChI is InChI=1S/C14H24N2S.ClH/c1-10-8-14(12(3)17-10)11(2)16-9-13-4-6-15-7-5-13;/h8,11,13,15-16H,4-7,9H2,1-3H3;1H. The zero-order chi connectivity index (χ0) is 12.3. The van der Waals surface area contributed by atoms with Crippen LogP contribution < -0.4 is 10.6 Å². The van der Waals surface area contributed by atoms with E-state index in [2.05, 4.69) is 37.5 Å². The van der Waals surface area contributed by atoms with E-state index in [1.54, 1.807) is 0 Å². The molecule has 2 heterocycles. The van der Waals surface area contributed by atoms with Gasteiger partial charge in [-0.1, -0.05) is 0 Å². The minimum Gasteiger partial charge on any atom is -0.317 e. The molecule has 1 unspecified atom stereocenters. The molecular formula is C14H25ClN2S. The summed E-state index contributed by atoms with van der Waals surface area (Å²) >= 11 is 1.91. The first-order valence-corrected chi connectivity index (χ1v) is 7.49. The molecule has 18 heavy (non-hydrogen) atoms. The van der Waals surface area contributed by atoms with E-state index >= 15 is 0 Å². The lowest BCUT2D eigenvalue weighted by atomic mass is 9.97. The Balaban J connectivity index is 0.00000162. The van der Waals surface area contributed by atoms with Crippen molar-refractivity contribution >= 4 is 23.7 Å². The van der Waals surface area contributed by atoms with Crippen LogP contribution in [0.4, 0.5) is 0 Å². The lowest BCUT2D eigenvalue weighted by Gasteiger charge is -2.24. The van der Waals surface area contributed by atoms with Crippen LogP contribution in [0, 0.1) is 19.8 Å². The predicted molar refractivity (Wildman–Crippen MR) is 83.1 cm³/mol. The molecule has 0 bridgehead atoms. The van der Waals surface area contributed by atoms with Gasteiger partial charge in [-0.25, -0.2) is 0 Å². The second-order valence-electron chi connectivity index (χ2n) is 5.19. The molecule has 2 rings (SSSR count). The number of nitrogens with one attached hydrogen (secondary N) is 2. The zero-order valence-corrected chi connectivity index (χ0v) is 13.2. The van der Waals surface area contributed by atoms with Crippen LogP contribution in [0.3, 0.4) is 0 Å². The molecule has 0 amide bonds. The number of thiophene rings is 1. The van der Waals surface area contributed by atoms with Crippen LogP contribution in [0.1, 0.15) is 41.1 Å². The first-order valence-electron chi connectivity index (χ1n) is 6.68. The van der Waals surface area contributed by atoms with E-state index in [9.17, 15) is 0 Å². The highest BCUT2D eigenvalue weighted by atomic mass is 35.5. The fourth-order valence-electron chi connectivity index (χ4n) is 2.62. The van der Waals surface area contributed by atoms with Crippen molar-refractivity contribution in [2.45, 2.75) is 39.7 Å². The molecule has 0 spiro atoms. The SMILES string of the molecule is Cc1cc(C(C)NCC2CCNCC2)c(C)s1.Cl. The summed E-state index contributed by atoms with van der Waals surface area (Å²) in [5, 5.41) is 7.12. The second kappa shape index (κ2) is 7.49. The van der Waals surface area contributed by atoms with Crippen LogP contribution in [0.15, 0.2) is 6.07 Å². The summed E-state index contributed by atoms with van der Waals surface area (Å²) in [6, 6.07) is 2.83. The molecule has 2 nitrogen and oxygen atoms in total. The number of piperidine rings is 1. The number of rotatable bonds is 4. The molecule has 1 aromatic rings. The van der Waals surface area contributed by atoms with Crippen LogP contribution in [-0.2, 0) is 0 Å². The van der Waals surface area contributed by atoms with Crippen molar-refractivity contribution in [2.75, 3.05) is 19.6 Å². The lowest BCUT2D eigenvalue weighted by molar-refractivity contribution is 0.345. The number of aryl methyl sites for hydroxylation is 2. The molecule has 0 saturated carbocycles. The van der Waals surface area contributed by atoms with Gasteiger partial charge in [-0.15, -0.1) is 23.7 Å². The van der Waals surface area contributed by atoms with Gasteiger partial charge in [-0.2, -0.15) is 0 Å². The van der Waals surface area contributed by atoms with E-state index in [-0.39, 0.29) is 12.4 Å². The summed E-state index contributed by atoms with van der Waals surface area (Å²) in [5.74, 6) is 0.860. The Morgan fingerprint density at radius 2 is 2.06 bits per heavy atom. The summed E-state index contributed by atoms with van der Waals surface area (Å²) in [4.78, 5) is 2.89. The Morgan fingerprint density at radius 3 is 2.61 bits per heavy atom. The van der Waals surface area contributed by atoms with E-state index in [4.69, 9.17) is 0 Å². The van der Waals surface area contributed by atoms with Crippen molar-refractivity contribution < 1.29 is 0 Å². The fraction of sp³-hybridized carbons (Fsp3) is 0.714. The van der Waals surface area contributed by atoms with Crippen LogP contribution >= 0.6 is 23.7 Å². The van der Waals surface area contributed by atoms with Crippen molar-refractivity contribution in [2.24, 2.45) is 5.92 Å². The molecule has 1 atom stereocenters. The van der Waals surface area contributed by atoms with Crippen molar-refractivity contribution in [1.82, 2.24) is 10.6 Å². The Kier molecular flexibility index (Phi) is 6.64. The minimum atomic E-state index is 0. The third kappa shape index (κ3) is 4.23. The van der Waals surface area contributed by atoms with Gasteiger partial charge in [0.25, 0.3) is 0 Å². The molecule has 0 radical (unpaired) electrons. The molecule has 1 saturated heterocycles.